The van der Waals surface area contributed by atoms with Crippen molar-refractivity contribution in [1.29, 1.82) is 0 Å². The van der Waals surface area contributed by atoms with Crippen molar-refractivity contribution in [3.05, 3.63) is 78.1 Å². The van der Waals surface area contributed by atoms with Crippen molar-refractivity contribution in [2.45, 2.75) is 6.54 Å². The van der Waals surface area contributed by atoms with Gasteiger partial charge in [-0.25, -0.2) is 4.98 Å². The molecular formula is C22H22N4O. The Balaban J connectivity index is 1.32. The van der Waals surface area contributed by atoms with Gasteiger partial charge in [0.15, 0.2) is 0 Å². The molecule has 136 valence electrons. The third kappa shape index (κ3) is 4.38. The molecule has 1 saturated heterocycles. The van der Waals surface area contributed by atoms with E-state index in [2.05, 4.69) is 39.1 Å². The van der Waals surface area contributed by atoms with Gasteiger partial charge in [0.2, 0.25) is 5.91 Å². The summed E-state index contributed by atoms with van der Waals surface area (Å²) in [5.41, 5.74) is 3.70. The zero-order valence-electron chi connectivity index (χ0n) is 15.2. The maximum absolute atomic E-state index is 12.5. The lowest BCUT2D eigenvalue weighted by Gasteiger charge is -2.34. The lowest BCUT2D eigenvalue weighted by molar-refractivity contribution is -0.127. The number of nitrogens with zero attached hydrogens (tertiary/aromatic N) is 4. The van der Waals surface area contributed by atoms with Gasteiger partial charge in [0, 0.05) is 38.8 Å². The molecule has 1 aromatic heterocycles. The number of carbonyl (C=O) groups excluding carboxylic acids is 1. The Morgan fingerprint density at radius 2 is 1.63 bits per heavy atom. The van der Waals surface area contributed by atoms with E-state index in [9.17, 15) is 4.79 Å². The number of aromatic nitrogens is 2. The Kier molecular flexibility index (Phi) is 5.21. The first-order chi connectivity index (χ1) is 13.3. The van der Waals surface area contributed by atoms with Crippen molar-refractivity contribution in [2.24, 2.45) is 0 Å². The second-order valence-electron chi connectivity index (χ2n) is 6.70. The van der Waals surface area contributed by atoms with Crippen LogP contribution in [0, 0.1) is 0 Å². The van der Waals surface area contributed by atoms with E-state index < -0.39 is 0 Å². The minimum absolute atomic E-state index is 0.0318. The van der Waals surface area contributed by atoms with Gasteiger partial charge in [-0.3, -0.25) is 14.7 Å². The largest absolute Gasteiger partial charge is 0.337 e. The predicted octanol–water partition coefficient (Wildman–Crippen LogP) is 2.99. The molecule has 0 saturated carbocycles. The first-order valence-electron chi connectivity index (χ1n) is 9.23. The maximum Gasteiger partial charge on any atom is 0.246 e. The normalized spacial score (nSPS) is 15.5. The summed E-state index contributed by atoms with van der Waals surface area (Å²) in [5.74, 6) is 0.0318. The number of benzene rings is 2. The number of carbonyl (C=O) groups is 1. The van der Waals surface area contributed by atoms with Crippen LogP contribution in [0.2, 0.25) is 0 Å². The highest BCUT2D eigenvalue weighted by atomic mass is 16.2. The van der Waals surface area contributed by atoms with Gasteiger partial charge in [0.25, 0.3) is 0 Å². The molecule has 3 aromatic rings. The van der Waals surface area contributed by atoms with E-state index in [1.807, 2.05) is 35.2 Å². The van der Waals surface area contributed by atoms with Gasteiger partial charge in [-0.15, -0.1) is 0 Å². The van der Waals surface area contributed by atoms with Crippen LogP contribution in [0.5, 0.6) is 0 Å². The van der Waals surface area contributed by atoms with E-state index in [4.69, 9.17) is 0 Å². The minimum Gasteiger partial charge on any atom is -0.337 e. The van der Waals surface area contributed by atoms with Crippen molar-refractivity contribution < 1.29 is 4.79 Å². The SMILES string of the molecule is O=C(C=Cc1cnc2ccccc2n1)N1CCN(Cc2ccccc2)CC1. The molecule has 1 fully saturated rings. The summed E-state index contributed by atoms with van der Waals surface area (Å²) in [6.07, 6.45) is 5.05. The molecule has 1 amide bonds. The van der Waals surface area contributed by atoms with Crippen LogP contribution in [0.1, 0.15) is 11.3 Å². The van der Waals surface area contributed by atoms with Crippen LogP contribution >= 0.6 is 0 Å². The number of para-hydroxylation sites is 2. The molecule has 5 nitrogen and oxygen atoms in total. The molecular weight excluding hydrogens is 336 g/mol. The molecule has 0 bridgehead atoms. The summed E-state index contributed by atoms with van der Waals surface area (Å²) >= 11 is 0. The predicted molar refractivity (Wildman–Crippen MR) is 107 cm³/mol. The van der Waals surface area contributed by atoms with Crippen LogP contribution in [-0.2, 0) is 11.3 Å². The van der Waals surface area contributed by atoms with Gasteiger partial charge < -0.3 is 4.90 Å². The molecule has 0 radical (unpaired) electrons. The second kappa shape index (κ2) is 8.10. The molecule has 0 aliphatic carbocycles. The van der Waals surface area contributed by atoms with Crippen molar-refractivity contribution in [3.8, 4) is 0 Å². The molecule has 5 heteroatoms. The highest BCUT2D eigenvalue weighted by Crippen LogP contribution is 2.11. The summed E-state index contributed by atoms with van der Waals surface area (Å²) in [6.45, 7) is 4.22. The summed E-state index contributed by atoms with van der Waals surface area (Å²) < 4.78 is 0. The van der Waals surface area contributed by atoms with Crippen LogP contribution in [0.15, 0.2) is 66.9 Å². The van der Waals surface area contributed by atoms with Gasteiger partial charge in [-0.05, 0) is 23.8 Å². The third-order valence-corrected chi connectivity index (χ3v) is 4.80. The Bertz CT molecular complexity index is 947. The van der Waals surface area contributed by atoms with Gasteiger partial charge in [0.05, 0.1) is 22.9 Å². The highest BCUT2D eigenvalue weighted by Gasteiger charge is 2.19. The van der Waals surface area contributed by atoms with Crippen molar-refractivity contribution in [1.82, 2.24) is 19.8 Å². The van der Waals surface area contributed by atoms with Crippen molar-refractivity contribution in [3.63, 3.8) is 0 Å². The monoisotopic (exact) mass is 358 g/mol. The third-order valence-electron chi connectivity index (χ3n) is 4.80. The minimum atomic E-state index is 0.0318. The van der Waals surface area contributed by atoms with E-state index in [1.54, 1.807) is 18.3 Å². The standard InChI is InChI=1S/C22H22N4O/c27-22(11-10-19-16-23-20-8-4-5-9-21(20)24-19)26-14-12-25(13-15-26)17-18-6-2-1-3-7-18/h1-11,16H,12-15,17H2. The van der Waals surface area contributed by atoms with E-state index in [0.717, 1.165) is 43.8 Å². The van der Waals surface area contributed by atoms with Gasteiger partial charge >= 0.3 is 0 Å². The fraction of sp³-hybridized carbons (Fsp3) is 0.227. The van der Waals surface area contributed by atoms with Crippen LogP contribution in [0.4, 0.5) is 0 Å². The first-order valence-corrected chi connectivity index (χ1v) is 9.23. The molecule has 2 aromatic carbocycles. The topological polar surface area (TPSA) is 49.3 Å². The van der Waals surface area contributed by atoms with E-state index in [-0.39, 0.29) is 5.91 Å². The quantitative estimate of drug-likeness (QED) is 0.673. The van der Waals surface area contributed by atoms with Crippen molar-refractivity contribution >= 4 is 23.0 Å². The number of piperazine rings is 1. The van der Waals surface area contributed by atoms with Crippen LogP contribution in [0.3, 0.4) is 0 Å². The van der Waals surface area contributed by atoms with Gasteiger partial charge in [-0.1, -0.05) is 42.5 Å². The fourth-order valence-corrected chi connectivity index (χ4v) is 3.28. The smallest absolute Gasteiger partial charge is 0.246 e. The van der Waals surface area contributed by atoms with Crippen molar-refractivity contribution in [2.75, 3.05) is 26.2 Å². The zero-order valence-corrected chi connectivity index (χ0v) is 15.2. The number of rotatable bonds is 4. The second-order valence-corrected chi connectivity index (χ2v) is 6.70. The number of hydrogen-bond acceptors (Lipinski definition) is 4. The highest BCUT2D eigenvalue weighted by molar-refractivity contribution is 5.91. The molecule has 27 heavy (non-hydrogen) atoms. The van der Waals surface area contributed by atoms with Crippen LogP contribution < -0.4 is 0 Å². The van der Waals surface area contributed by atoms with Crippen LogP contribution in [0.25, 0.3) is 17.1 Å². The average molecular weight is 358 g/mol. The summed E-state index contributed by atoms with van der Waals surface area (Å²) in [5, 5.41) is 0. The summed E-state index contributed by atoms with van der Waals surface area (Å²) in [6, 6.07) is 18.2. The lowest BCUT2D eigenvalue weighted by atomic mass is 10.2. The Labute approximate surface area is 159 Å². The molecule has 4 rings (SSSR count). The lowest BCUT2D eigenvalue weighted by Crippen LogP contribution is -2.47. The van der Waals surface area contributed by atoms with Crippen LogP contribution in [-0.4, -0.2) is 51.9 Å². The number of hydrogen-bond donors (Lipinski definition) is 0. The zero-order chi connectivity index (χ0) is 18.5. The summed E-state index contributed by atoms with van der Waals surface area (Å²) in [4.78, 5) is 25.7. The molecule has 1 aliphatic heterocycles. The molecule has 0 atom stereocenters. The van der Waals surface area contributed by atoms with Gasteiger partial charge in [-0.2, -0.15) is 0 Å². The Morgan fingerprint density at radius 1 is 0.926 bits per heavy atom. The number of amides is 1. The average Bonchev–Trinajstić information content (AvgIpc) is 2.73. The fourth-order valence-electron chi connectivity index (χ4n) is 3.28. The van der Waals surface area contributed by atoms with E-state index in [0.29, 0.717) is 5.69 Å². The molecule has 0 unspecified atom stereocenters. The Hall–Kier alpha value is -3.05. The number of fused-ring (bicyclic) bond motifs is 1. The first kappa shape index (κ1) is 17.4. The van der Waals surface area contributed by atoms with E-state index >= 15 is 0 Å². The maximum atomic E-state index is 12.5. The Morgan fingerprint density at radius 3 is 2.41 bits per heavy atom. The van der Waals surface area contributed by atoms with Gasteiger partial charge in [0.1, 0.15) is 0 Å². The molecule has 1 aliphatic rings. The summed E-state index contributed by atoms with van der Waals surface area (Å²) in [7, 11) is 0. The molecule has 0 spiro atoms. The molecule has 0 N–H and O–H groups in total. The van der Waals surface area contributed by atoms with E-state index in [1.165, 1.54) is 5.56 Å². The molecule has 2 heterocycles.